The van der Waals surface area contributed by atoms with E-state index in [0.29, 0.717) is 5.75 Å². The van der Waals surface area contributed by atoms with Gasteiger partial charge in [-0.1, -0.05) is 54.7 Å². The van der Waals surface area contributed by atoms with Gasteiger partial charge in [-0.3, -0.25) is 0 Å². The zero-order valence-corrected chi connectivity index (χ0v) is 16.2. The van der Waals surface area contributed by atoms with E-state index in [9.17, 15) is 5.11 Å². The SMILES string of the molecule is CCc1cccc(-c2cnc(NCCCc3ccc(O)cc3)s2)c1.CN. The van der Waals surface area contributed by atoms with Crippen molar-refractivity contribution in [3.05, 3.63) is 65.9 Å². The number of thiazole rings is 1. The summed E-state index contributed by atoms with van der Waals surface area (Å²) in [6.45, 7) is 3.07. The standard InChI is InChI=1S/C20H22N2OS.CH5N/c1-2-15-5-3-7-17(13-15)19-14-22-20(24-19)21-12-4-6-16-8-10-18(23)11-9-16;1-2/h3,5,7-11,13-14,23H,2,4,6,12H2,1H3,(H,21,22);2H2,1H3. The molecule has 1 heterocycles. The van der Waals surface area contributed by atoms with Crippen LogP contribution in [0.4, 0.5) is 5.13 Å². The summed E-state index contributed by atoms with van der Waals surface area (Å²) < 4.78 is 0. The quantitative estimate of drug-likeness (QED) is 0.528. The normalized spacial score (nSPS) is 10.1. The fourth-order valence-corrected chi connectivity index (χ4v) is 3.42. The molecule has 0 atom stereocenters. The molecule has 0 radical (unpaired) electrons. The van der Waals surface area contributed by atoms with Gasteiger partial charge in [0, 0.05) is 12.7 Å². The highest BCUT2D eigenvalue weighted by atomic mass is 32.1. The number of hydrogen-bond donors (Lipinski definition) is 3. The van der Waals surface area contributed by atoms with Crippen LogP contribution in [0.2, 0.25) is 0 Å². The van der Waals surface area contributed by atoms with Crippen LogP contribution in [0.25, 0.3) is 10.4 Å². The van der Waals surface area contributed by atoms with Crippen LogP contribution in [0.5, 0.6) is 5.75 Å². The Morgan fingerprint density at radius 1 is 1.08 bits per heavy atom. The van der Waals surface area contributed by atoms with Crippen LogP contribution in [0.3, 0.4) is 0 Å². The minimum absolute atomic E-state index is 0.319. The number of aryl methyl sites for hydroxylation is 2. The van der Waals surface area contributed by atoms with Crippen molar-refractivity contribution in [1.29, 1.82) is 0 Å². The van der Waals surface area contributed by atoms with Crippen molar-refractivity contribution in [3.8, 4) is 16.2 Å². The van der Waals surface area contributed by atoms with Crippen molar-refractivity contribution in [2.75, 3.05) is 18.9 Å². The molecule has 0 aliphatic carbocycles. The first-order chi connectivity index (χ1) is 12.7. The summed E-state index contributed by atoms with van der Waals surface area (Å²) in [5, 5.41) is 13.7. The van der Waals surface area contributed by atoms with Gasteiger partial charge in [-0.05, 0) is 55.1 Å². The number of phenols is 1. The molecule has 26 heavy (non-hydrogen) atoms. The maximum absolute atomic E-state index is 9.29. The summed E-state index contributed by atoms with van der Waals surface area (Å²) in [4.78, 5) is 5.68. The molecule has 0 aliphatic rings. The van der Waals surface area contributed by atoms with Gasteiger partial charge in [-0.25, -0.2) is 4.98 Å². The third kappa shape index (κ3) is 5.86. The lowest BCUT2D eigenvalue weighted by atomic mass is 10.1. The Labute approximate surface area is 159 Å². The monoisotopic (exact) mass is 369 g/mol. The summed E-state index contributed by atoms with van der Waals surface area (Å²) in [5.74, 6) is 0.319. The fourth-order valence-electron chi connectivity index (χ4n) is 2.58. The van der Waals surface area contributed by atoms with E-state index in [1.54, 1.807) is 23.5 Å². The van der Waals surface area contributed by atoms with Crippen molar-refractivity contribution in [3.63, 3.8) is 0 Å². The summed E-state index contributed by atoms with van der Waals surface area (Å²) >= 11 is 1.70. The third-order valence-electron chi connectivity index (χ3n) is 3.98. The molecule has 0 saturated carbocycles. The Bertz CT molecular complexity index is 784. The number of nitrogens with two attached hydrogens (primary N) is 1. The highest BCUT2D eigenvalue weighted by Crippen LogP contribution is 2.29. The maximum atomic E-state index is 9.29. The summed E-state index contributed by atoms with van der Waals surface area (Å²) in [6.07, 6.45) is 5.02. The van der Waals surface area contributed by atoms with Gasteiger partial charge in [0.05, 0.1) is 4.88 Å². The minimum Gasteiger partial charge on any atom is -0.508 e. The Morgan fingerprint density at radius 2 is 1.85 bits per heavy atom. The van der Waals surface area contributed by atoms with E-state index in [4.69, 9.17) is 0 Å². The van der Waals surface area contributed by atoms with E-state index < -0.39 is 0 Å². The number of nitrogens with one attached hydrogen (secondary N) is 1. The number of benzene rings is 2. The van der Waals surface area contributed by atoms with E-state index in [1.807, 2.05) is 18.3 Å². The molecule has 0 bridgehead atoms. The van der Waals surface area contributed by atoms with Crippen molar-refractivity contribution in [2.24, 2.45) is 5.73 Å². The average Bonchev–Trinajstić information content (AvgIpc) is 3.17. The molecule has 3 aromatic rings. The Kier molecular flexibility index (Phi) is 8.12. The number of anilines is 1. The number of aromatic nitrogens is 1. The molecule has 138 valence electrons. The van der Waals surface area contributed by atoms with Crippen LogP contribution >= 0.6 is 11.3 Å². The zero-order chi connectivity index (χ0) is 18.8. The number of phenolic OH excluding ortho intramolecular Hbond substituents is 1. The minimum atomic E-state index is 0.319. The molecular weight excluding hydrogens is 342 g/mol. The van der Waals surface area contributed by atoms with Gasteiger partial charge in [-0.2, -0.15) is 0 Å². The zero-order valence-electron chi connectivity index (χ0n) is 15.4. The first kappa shape index (κ1) is 19.9. The summed E-state index contributed by atoms with van der Waals surface area (Å²) in [5.41, 5.74) is 8.33. The first-order valence-electron chi connectivity index (χ1n) is 8.89. The molecule has 5 heteroatoms. The molecule has 4 nitrogen and oxygen atoms in total. The first-order valence-corrected chi connectivity index (χ1v) is 9.71. The van der Waals surface area contributed by atoms with Crippen LogP contribution in [0.1, 0.15) is 24.5 Å². The van der Waals surface area contributed by atoms with Gasteiger partial charge in [0.15, 0.2) is 5.13 Å². The molecular formula is C21H27N3OS. The molecule has 0 fully saturated rings. The Balaban J connectivity index is 0.00000117. The second kappa shape index (κ2) is 10.6. The van der Waals surface area contributed by atoms with E-state index >= 15 is 0 Å². The topological polar surface area (TPSA) is 71.2 Å². The lowest BCUT2D eigenvalue weighted by Gasteiger charge is -2.03. The predicted molar refractivity (Wildman–Crippen MR) is 112 cm³/mol. The van der Waals surface area contributed by atoms with Crippen molar-refractivity contribution in [2.45, 2.75) is 26.2 Å². The third-order valence-corrected chi connectivity index (χ3v) is 4.98. The molecule has 0 unspecified atom stereocenters. The number of rotatable bonds is 7. The van der Waals surface area contributed by atoms with E-state index in [1.165, 1.54) is 28.6 Å². The summed E-state index contributed by atoms with van der Waals surface area (Å²) in [7, 11) is 1.50. The lowest BCUT2D eigenvalue weighted by Crippen LogP contribution is -2.02. The summed E-state index contributed by atoms with van der Waals surface area (Å²) in [6, 6.07) is 16.1. The second-order valence-electron chi connectivity index (χ2n) is 5.78. The Morgan fingerprint density at radius 3 is 2.58 bits per heavy atom. The highest BCUT2D eigenvalue weighted by molar-refractivity contribution is 7.18. The van der Waals surface area contributed by atoms with Crippen LogP contribution in [-0.2, 0) is 12.8 Å². The molecule has 1 aromatic heterocycles. The van der Waals surface area contributed by atoms with Gasteiger partial charge >= 0.3 is 0 Å². The molecule has 0 spiro atoms. The molecule has 0 saturated heterocycles. The number of hydrogen-bond acceptors (Lipinski definition) is 5. The maximum Gasteiger partial charge on any atom is 0.183 e. The Hall–Kier alpha value is -2.37. The van der Waals surface area contributed by atoms with Gasteiger partial charge in [0.1, 0.15) is 5.75 Å². The van der Waals surface area contributed by atoms with Crippen LogP contribution in [0, 0.1) is 0 Å². The van der Waals surface area contributed by atoms with Crippen LogP contribution in [0.15, 0.2) is 54.7 Å². The van der Waals surface area contributed by atoms with Gasteiger partial charge in [0.25, 0.3) is 0 Å². The van der Waals surface area contributed by atoms with Gasteiger partial charge < -0.3 is 16.2 Å². The van der Waals surface area contributed by atoms with Crippen LogP contribution < -0.4 is 11.1 Å². The highest BCUT2D eigenvalue weighted by Gasteiger charge is 2.05. The molecule has 2 aromatic carbocycles. The van der Waals surface area contributed by atoms with Gasteiger partial charge in [-0.15, -0.1) is 0 Å². The van der Waals surface area contributed by atoms with E-state index in [2.05, 4.69) is 47.2 Å². The largest absolute Gasteiger partial charge is 0.508 e. The lowest BCUT2D eigenvalue weighted by molar-refractivity contribution is 0.475. The number of nitrogens with zero attached hydrogens (tertiary/aromatic N) is 1. The molecule has 0 amide bonds. The van der Waals surface area contributed by atoms with E-state index in [-0.39, 0.29) is 0 Å². The molecule has 3 rings (SSSR count). The average molecular weight is 370 g/mol. The second-order valence-corrected chi connectivity index (χ2v) is 6.81. The molecule has 4 N–H and O–H groups in total. The van der Waals surface area contributed by atoms with Crippen molar-refractivity contribution < 1.29 is 5.11 Å². The van der Waals surface area contributed by atoms with Crippen molar-refractivity contribution >= 4 is 16.5 Å². The van der Waals surface area contributed by atoms with Crippen molar-refractivity contribution in [1.82, 2.24) is 4.98 Å². The molecule has 0 aliphatic heterocycles. The fraction of sp³-hybridized carbons (Fsp3) is 0.286. The van der Waals surface area contributed by atoms with Gasteiger partial charge in [0.2, 0.25) is 0 Å². The smallest absolute Gasteiger partial charge is 0.183 e. The predicted octanol–water partition coefficient (Wildman–Crippen LogP) is 4.70. The van der Waals surface area contributed by atoms with Crippen LogP contribution in [-0.4, -0.2) is 23.7 Å². The van der Waals surface area contributed by atoms with E-state index in [0.717, 1.165) is 30.9 Å². The number of aromatic hydroxyl groups is 1.